The minimum atomic E-state index is 0.635. The van der Waals surface area contributed by atoms with Gasteiger partial charge in [0.25, 0.3) is 0 Å². The van der Waals surface area contributed by atoms with E-state index in [1.165, 1.54) is 23.2 Å². The third-order valence-corrected chi connectivity index (χ3v) is 4.97. The number of thiazole rings is 1. The molecule has 2 aliphatic rings. The van der Waals surface area contributed by atoms with Gasteiger partial charge in [-0.2, -0.15) is 4.98 Å². The first-order valence-corrected chi connectivity index (χ1v) is 7.99. The molecule has 1 saturated carbocycles. The molecule has 20 heavy (non-hydrogen) atoms. The molecular weight excluding hydrogens is 272 g/mol. The number of nitrogens with one attached hydrogen (secondary N) is 1. The molecule has 6 heteroatoms. The number of aromatic nitrogens is 2. The molecule has 0 radical (unpaired) electrons. The van der Waals surface area contributed by atoms with Crippen molar-refractivity contribution in [3.63, 3.8) is 0 Å². The minimum absolute atomic E-state index is 0.635. The maximum Gasteiger partial charge on any atom is 0.188 e. The fraction of sp³-hybridized carbons (Fsp3) is 0.571. The molecule has 0 atom stereocenters. The monoisotopic (exact) mass is 290 g/mol. The highest BCUT2D eigenvalue weighted by Crippen LogP contribution is 2.44. The molecule has 2 aromatic heterocycles. The zero-order valence-electron chi connectivity index (χ0n) is 11.6. The van der Waals surface area contributed by atoms with Crippen LogP contribution >= 0.6 is 11.3 Å². The number of hydrogen-bond donors (Lipinski definition) is 1. The molecular formula is C14H18N4OS. The lowest BCUT2D eigenvalue weighted by atomic mass is 10.2. The Balaban J connectivity index is 1.74. The third kappa shape index (κ3) is 2.13. The Morgan fingerprint density at radius 2 is 2.10 bits per heavy atom. The normalized spacial score (nSPS) is 19.6. The van der Waals surface area contributed by atoms with Crippen LogP contribution in [0.4, 0.5) is 10.8 Å². The van der Waals surface area contributed by atoms with E-state index >= 15 is 0 Å². The van der Waals surface area contributed by atoms with Crippen molar-refractivity contribution < 1.29 is 4.74 Å². The quantitative estimate of drug-likeness (QED) is 0.941. The summed E-state index contributed by atoms with van der Waals surface area (Å²) in [6.45, 7) is 3.43. The van der Waals surface area contributed by atoms with Gasteiger partial charge in [0.2, 0.25) is 0 Å². The number of morpholine rings is 1. The number of nitrogens with zero attached hydrogens (tertiary/aromatic N) is 3. The Hall–Kier alpha value is -1.40. The first-order chi connectivity index (χ1) is 9.85. The van der Waals surface area contributed by atoms with Crippen LogP contribution in [0.25, 0.3) is 10.3 Å². The fourth-order valence-electron chi connectivity index (χ4n) is 2.62. The van der Waals surface area contributed by atoms with Crippen LogP contribution in [0.3, 0.4) is 0 Å². The van der Waals surface area contributed by atoms with E-state index in [4.69, 9.17) is 14.7 Å². The van der Waals surface area contributed by atoms with E-state index in [0.29, 0.717) is 5.92 Å². The Morgan fingerprint density at radius 1 is 1.30 bits per heavy atom. The average Bonchev–Trinajstić information content (AvgIpc) is 3.26. The summed E-state index contributed by atoms with van der Waals surface area (Å²) in [5.41, 5.74) is 3.26. The maximum absolute atomic E-state index is 5.40. The van der Waals surface area contributed by atoms with Crippen LogP contribution in [0.2, 0.25) is 0 Å². The Morgan fingerprint density at radius 3 is 2.80 bits per heavy atom. The van der Waals surface area contributed by atoms with Gasteiger partial charge in [0.05, 0.1) is 29.3 Å². The molecule has 1 aliphatic heterocycles. The predicted molar refractivity (Wildman–Crippen MR) is 82.0 cm³/mol. The van der Waals surface area contributed by atoms with Gasteiger partial charge in [-0.25, -0.2) is 4.98 Å². The molecule has 0 spiro atoms. The second-order valence-corrected chi connectivity index (χ2v) is 6.37. The third-order valence-electron chi connectivity index (χ3n) is 3.92. The number of fused-ring (bicyclic) bond motifs is 1. The lowest BCUT2D eigenvalue weighted by molar-refractivity contribution is 0.122. The van der Waals surface area contributed by atoms with Gasteiger partial charge in [0, 0.05) is 26.1 Å². The second-order valence-electron chi connectivity index (χ2n) is 5.36. The molecule has 2 fully saturated rings. The van der Waals surface area contributed by atoms with Crippen LogP contribution in [-0.4, -0.2) is 43.3 Å². The van der Waals surface area contributed by atoms with E-state index < -0.39 is 0 Å². The van der Waals surface area contributed by atoms with Crippen LogP contribution < -0.4 is 10.2 Å². The van der Waals surface area contributed by atoms with Gasteiger partial charge in [-0.1, -0.05) is 11.3 Å². The second kappa shape index (κ2) is 4.86. The molecule has 4 rings (SSSR count). The van der Waals surface area contributed by atoms with Crippen molar-refractivity contribution in [1.82, 2.24) is 9.97 Å². The number of ether oxygens (including phenoxy) is 1. The molecule has 2 aromatic rings. The Labute approximate surface area is 122 Å². The smallest absolute Gasteiger partial charge is 0.188 e. The highest BCUT2D eigenvalue weighted by atomic mass is 32.1. The Bertz CT molecular complexity index is 631. The molecule has 3 heterocycles. The van der Waals surface area contributed by atoms with Crippen molar-refractivity contribution >= 4 is 32.5 Å². The summed E-state index contributed by atoms with van der Waals surface area (Å²) in [5.74, 6) is 0.635. The summed E-state index contributed by atoms with van der Waals surface area (Å²) in [5, 5.41) is 4.36. The average molecular weight is 290 g/mol. The van der Waals surface area contributed by atoms with Crippen molar-refractivity contribution in [2.24, 2.45) is 0 Å². The summed E-state index contributed by atoms with van der Waals surface area (Å²) >= 11 is 1.73. The van der Waals surface area contributed by atoms with Gasteiger partial charge in [0.1, 0.15) is 0 Å². The van der Waals surface area contributed by atoms with Gasteiger partial charge in [-0.05, 0) is 18.9 Å². The zero-order valence-corrected chi connectivity index (χ0v) is 12.4. The lowest BCUT2D eigenvalue weighted by Crippen LogP contribution is -2.36. The van der Waals surface area contributed by atoms with Crippen LogP contribution in [0.15, 0.2) is 6.07 Å². The van der Waals surface area contributed by atoms with E-state index in [1.807, 2.05) is 7.05 Å². The highest BCUT2D eigenvalue weighted by Gasteiger charge is 2.28. The molecule has 0 amide bonds. The number of pyridine rings is 1. The van der Waals surface area contributed by atoms with Crippen molar-refractivity contribution in [3.8, 4) is 0 Å². The van der Waals surface area contributed by atoms with E-state index in [-0.39, 0.29) is 0 Å². The number of anilines is 2. The van der Waals surface area contributed by atoms with E-state index in [9.17, 15) is 0 Å². The first-order valence-electron chi connectivity index (χ1n) is 7.17. The van der Waals surface area contributed by atoms with E-state index in [1.54, 1.807) is 11.3 Å². The van der Waals surface area contributed by atoms with Crippen molar-refractivity contribution in [1.29, 1.82) is 0 Å². The van der Waals surface area contributed by atoms with Crippen molar-refractivity contribution in [2.45, 2.75) is 18.8 Å². The van der Waals surface area contributed by atoms with Gasteiger partial charge in [0.15, 0.2) is 10.8 Å². The summed E-state index contributed by atoms with van der Waals surface area (Å²) < 4.78 is 6.57. The molecule has 106 valence electrons. The largest absolute Gasteiger partial charge is 0.387 e. The molecule has 1 saturated heterocycles. The number of hydrogen-bond acceptors (Lipinski definition) is 6. The van der Waals surface area contributed by atoms with Crippen LogP contribution in [0.5, 0.6) is 0 Å². The molecule has 1 N–H and O–H groups in total. The summed E-state index contributed by atoms with van der Waals surface area (Å²) in [6.07, 6.45) is 2.52. The van der Waals surface area contributed by atoms with Crippen LogP contribution in [-0.2, 0) is 4.74 Å². The van der Waals surface area contributed by atoms with Gasteiger partial charge in [-0.3, -0.25) is 0 Å². The van der Waals surface area contributed by atoms with E-state index in [0.717, 1.165) is 42.8 Å². The first kappa shape index (κ1) is 12.3. The lowest BCUT2D eigenvalue weighted by Gasteiger charge is -2.25. The molecule has 1 aliphatic carbocycles. The minimum Gasteiger partial charge on any atom is -0.387 e. The summed E-state index contributed by atoms with van der Waals surface area (Å²) in [6, 6.07) is 2.21. The standard InChI is InChI=1S/C14H18N4OS/c1-15-10-8-11-13(16-12(10)9-2-3-9)17-14(20-11)18-4-6-19-7-5-18/h8-9,15H,2-7H2,1H3. The van der Waals surface area contributed by atoms with Gasteiger partial charge < -0.3 is 15.0 Å². The maximum atomic E-state index is 5.40. The zero-order chi connectivity index (χ0) is 13.5. The SMILES string of the molecule is CNc1cc2sc(N3CCOCC3)nc2nc1C1CC1. The van der Waals surface area contributed by atoms with Gasteiger partial charge in [-0.15, -0.1) is 0 Å². The number of rotatable bonds is 3. The van der Waals surface area contributed by atoms with Gasteiger partial charge >= 0.3 is 0 Å². The van der Waals surface area contributed by atoms with Crippen molar-refractivity contribution in [2.75, 3.05) is 43.6 Å². The topological polar surface area (TPSA) is 50.3 Å². The molecule has 0 aromatic carbocycles. The molecule has 0 bridgehead atoms. The predicted octanol–water partition coefficient (Wildman–Crippen LogP) is 2.45. The highest BCUT2D eigenvalue weighted by molar-refractivity contribution is 7.22. The van der Waals surface area contributed by atoms with E-state index in [2.05, 4.69) is 16.3 Å². The summed E-state index contributed by atoms with van der Waals surface area (Å²) in [4.78, 5) is 11.8. The van der Waals surface area contributed by atoms with Crippen molar-refractivity contribution in [3.05, 3.63) is 11.8 Å². The van der Waals surface area contributed by atoms with Crippen LogP contribution in [0.1, 0.15) is 24.5 Å². The van der Waals surface area contributed by atoms with Crippen LogP contribution in [0, 0.1) is 0 Å². The fourth-order valence-corrected chi connectivity index (χ4v) is 3.62. The Kier molecular flexibility index (Phi) is 3.00. The molecule has 5 nitrogen and oxygen atoms in total. The molecule has 0 unspecified atom stereocenters. The summed E-state index contributed by atoms with van der Waals surface area (Å²) in [7, 11) is 1.97.